The van der Waals surface area contributed by atoms with Gasteiger partial charge in [0.15, 0.2) is 0 Å². The fourth-order valence-corrected chi connectivity index (χ4v) is 2.01. The minimum Gasteiger partial charge on any atom is -0.481 e. The maximum absolute atomic E-state index is 11.1. The van der Waals surface area contributed by atoms with Crippen molar-refractivity contribution in [1.29, 1.82) is 0 Å². The molecule has 1 aromatic heterocycles. The summed E-state index contributed by atoms with van der Waals surface area (Å²) in [6.07, 6.45) is 1.95. The molecule has 0 atom stereocenters. The minimum absolute atomic E-state index is 0.373. The largest absolute Gasteiger partial charge is 0.481 e. The summed E-state index contributed by atoms with van der Waals surface area (Å²) in [5, 5.41) is 10.6. The lowest BCUT2D eigenvalue weighted by molar-refractivity contribution is -0.146. The minimum atomic E-state index is -0.852. The molecule has 1 N–H and O–H groups in total. The van der Waals surface area contributed by atoms with E-state index in [-0.39, 0.29) is 0 Å². The fourth-order valence-electron chi connectivity index (χ4n) is 1.77. The number of fused-ring (bicyclic) bond motifs is 1. The number of halogens is 1. The van der Waals surface area contributed by atoms with E-state index in [4.69, 9.17) is 21.1 Å². The van der Waals surface area contributed by atoms with Crippen molar-refractivity contribution in [2.24, 2.45) is 5.41 Å². The van der Waals surface area contributed by atoms with Gasteiger partial charge in [0.25, 0.3) is 0 Å². The van der Waals surface area contributed by atoms with Crippen LogP contribution in [0.1, 0.15) is 19.4 Å². The molecule has 4 heteroatoms. The van der Waals surface area contributed by atoms with Gasteiger partial charge in [0.05, 0.1) is 11.7 Å². The summed E-state index contributed by atoms with van der Waals surface area (Å²) in [7, 11) is 0. The van der Waals surface area contributed by atoms with Crippen LogP contribution in [-0.2, 0) is 11.2 Å². The first-order valence-electron chi connectivity index (χ1n) is 5.30. The zero-order valence-corrected chi connectivity index (χ0v) is 10.4. The number of furan rings is 1. The van der Waals surface area contributed by atoms with E-state index in [0.717, 1.165) is 16.5 Å². The molecule has 90 valence electrons. The van der Waals surface area contributed by atoms with Crippen LogP contribution in [0.5, 0.6) is 0 Å². The van der Waals surface area contributed by atoms with Gasteiger partial charge in [-0.05, 0) is 44.0 Å². The summed E-state index contributed by atoms with van der Waals surface area (Å²) in [6.45, 7) is 3.37. The number of carboxylic acid groups (broad SMARTS) is 1. The maximum atomic E-state index is 11.1. The van der Waals surface area contributed by atoms with Crippen molar-refractivity contribution >= 4 is 28.5 Å². The Bertz CT molecular complexity index is 569. The summed E-state index contributed by atoms with van der Waals surface area (Å²) in [4.78, 5) is 11.1. The normalized spacial score (nSPS) is 11.9. The van der Waals surface area contributed by atoms with E-state index in [2.05, 4.69) is 0 Å². The second kappa shape index (κ2) is 4.08. The number of carboxylic acids is 1. The summed E-state index contributed by atoms with van der Waals surface area (Å²) >= 11 is 6.14. The van der Waals surface area contributed by atoms with Crippen LogP contribution in [0.2, 0.25) is 5.02 Å². The highest BCUT2D eigenvalue weighted by molar-refractivity contribution is 6.32. The van der Waals surface area contributed by atoms with E-state index in [1.807, 2.05) is 6.07 Å². The van der Waals surface area contributed by atoms with Crippen LogP contribution in [-0.4, -0.2) is 11.1 Å². The number of aliphatic carboxylic acids is 1. The SMILES string of the molecule is CC(C)(Cc1c(Cl)ccc2occc12)C(=O)O. The molecule has 0 saturated heterocycles. The third kappa shape index (κ3) is 2.15. The molecule has 1 heterocycles. The Balaban J connectivity index is 2.51. The van der Waals surface area contributed by atoms with E-state index in [1.54, 1.807) is 32.2 Å². The summed E-state index contributed by atoms with van der Waals surface area (Å²) < 4.78 is 5.28. The topological polar surface area (TPSA) is 50.4 Å². The van der Waals surface area contributed by atoms with Gasteiger partial charge in [-0.2, -0.15) is 0 Å². The van der Waals surface area contributed by atoms with Gasteiger partial charge < -0.3 is 9.52 Å². The van der Waals surface area contributed by atoms with Gasteiger partial charge in [-0.1, -0.05) is 11.6 Å². The first kappa shape index (κ1) is 12.0. The Morgan fingerprint density at radius 3 is 2.76 bits per heavy atom. The van der Waals surface area contributed by atoms with Gasteiger partial charge in [0, 0.05) is 10.4 Å². The van der Waals surface area contributed by atoms with E-state index in [0.29, 0.717) is 11.4 Å². The molecular weight excluding hydrogens is 240 g/mol. The highest BCUT2D eigenvalue weighted by Crippen LogP contribution is 2.32. The molecule has 0 fully saturated rings. The first-order valence-corrected chi connectivity index (χ1v) is 5.67. The smallest absolute Gasteiger partial charge is 0.309 e. The monoisotopic (exact) mass is 252 g/mol. The van der Waals surface area contributed by atoms with Gasteiger partial charge in [-0.15, -0.1) is 0 Å². The number of benzene rings is 1. The van der Waals surface area contributed by atoms with E-state index < -0.39 is 11.4 Å². The molecule has 0 spiro atoms. The number of carbonyl (C=O) groups is 1. The van der Waals surface area contributed by atoms with Crippen LogP contribution >= 0.6 is 11.6 Å². The quantitative estimate of drug-likeness (QED) is 0.905. The van der Waals surface area contributed by atoms with Gasteiger partial charge in [-0.25, -0.2) is 0 Å². The van der Waals surface area contributed by atoms with Crippen LogP contribution in [0.25, 0.3) is 11.0 Å². The number of hydrogen-bond acceptors (Lipinski definition) is 2. The molecule has 0 radical (unpaired) electrons. The molecule has 2 aromatic rings. The Kier molecular flexibility index (Phi) is 2.87. The van der Waals surface area contributed by atoms with Crippen LogP contribution in [0, 0.1) is 5.41 Å². The van der Waals surface area contributed by atoms with Gasteiger partial charge in [-0.3, -0.25) is 4.79 Å². The van der Waals surface area contributed by atoms with Crippen molar-refractivity contribution in [3.8, 4) is 0 Å². The molecule has 3 nitrogen and oxygen atoms in total. The number of rotatable bonds is 3. The van der Waals surface area contributed by atoms with E-state index in [1.165, 1.54) is 0 Å². The molecule has 0 aliphatic rings. The summed E-state index contributed by atoms with van der Waals surface area (Å²) in [5.41, 5.74) is 0.700. The predicted molar refractivity (Wildman–Crippen MR) is 66.3 cm³/mol. The Morgan fingerprint density at radius 2 is 2.12 bits per heavy atom. The Hall–Kier alpha value is -1.48. The summed E-state index contributed by atoms with van der Waals surface area (Å²) in [5.74, 6) is -0.839. The van der Waals surface area contributed by atoms with Crippen molar-refractivity contribution in [3.63, 3.8) is 0 Å². The molecule has 0 aliphatic heterocycles. The highest BCUT2D eigenvalue weighted by atomic mass is 35.5. The zero-order valence-electron chi connectivity index (χ0n) is 9.66. The molecule has 0 unspecified atom stereocenters. The van der Waals surface area contributed by atoms with Crippen LogP contribution in [0.3, 0.4) is 0 Å². The molecule has 0 bridgehead atoms. The first-order chi connectivity index (χ1) is 7.92. The van der Waals surface area contributed by atoms with Crippen molar-refractivity contribution in [2.45, 2.75) is 20.3 Å². The van der Waals surface area contributed by atoms with Crippen molar-refractivity contribution in [2.75, 3.05) is 0 Å². The van der Waals surface area contributed by atoms with Crippen LogP contribution in [0.4, 0.5) is 0 Å². The van der Waals surface area contributed by atoms with Crippen molar-refractivity contribution in [3.05, 3.63) is 35.0 Å². The Morgan fingerprint density at radius 1 is 1.41 bits per heavy atom. The average molecular weight is 253 g/mol. The molecule has 17 heavy (non-hydrogen) atoms. The van der Waals surface area contributed by atoms with E-state index in [9.17, 15) is 4.79 Å². The lowest BCUT2D eigenvalue weighted by Crippen LogP contribution is -2.26. The molecule has 0 aliphatic carbocycles. The lowest BCUT2D eigenvalue weighted by atomic mass is 9.85. The molecule has 0 saturated carbocycles. The second-order valence-electron chi connectivity index (χ2n) is 4.72. The van der Waals surface area contributed by atoms with Crippen LogP contribution in [0.15, 0.2) is 28.9 Å². The molecular formula is C13H13ClO3. The zero-order chi connectivity index (χ0) is 12.6. The van der Waals surface area contributed by atoms with Crippen LogP contribution < -0.4 is 0 Å². The molecule has 1 aromatic carbocycles. The predicted octanol–water partition coefficient (Wildman–Crippen LogP) is 3.74. The van der Waals surface area contributed by atoms with Gasteiger partial charge >= 0.3 is 5.97 Å². The van der Waals surface area contributed by atoms with E-state index >= 15 is 0 Å². The Labute approximate surface area is 104 Å². The second-order valence-corrected chi connectivity index (χ2v) is 5.13. The van der Waals surface area contributed by atoms with Crippen molar-refractivity contribution in [1.82, 2.24) is 0 Å². The van der Waals surface area contributed by atoms with Gasteiger partial charge in [0.1, 0.15) is 5.58 Å². The van der Waals surface area contributed by atoms with Crippen molar-refractivity contribution < 1.29 is 14.3 Å². The maximum Gasteiger partial charge on any atom is 0.309 e. The molecule has 0 amide bonds. The highest BCUT2D eigenvalue weighted by Gasteiger charge is 2.29. The third-order valence-corrected chi connectivity index (χ3v) is 3.24. The standard InChI is InChI=1S/C13H13ClO3/c1-13(2,12(15)16)7-9-8-5-6-17-11(8)4-3-10(9)14/h3-6H,7H2,1-2H3,(H,15,16). The lowest BCUT2D eigenvalue weighted by Gasteiger charge is -2.20. The fraction of sp³-hybridized carbons (Fsp3) is 0.308. The van der Waals surface area contributed by atoms with Gasteiger partial charge in [0.2, 0.25) is 0 Å². The average Bonchev–Trinajstić information content (AvgIpc) is 2.70. The third-order valence-electron chi connectivity index (χ3n) is 2.89. The summed E-state index contributed by atoms with van der Waals surface area (Å²) in [6, 6.07) is 5.34. The number of hydrogen-bond donors (Lipinski definition) is 1. The molecule has 2 rings (SSSR count).